The Bertz CT molecular complexity index is 439. The number of halogens is 1. The van der Waals surface area contributed by atoms with Gasteiger partial charge in [0.05, 0.1) is 0 Å². The molecule has 0 fully saturated rings. The van der Waals surface area contributed by atoms with Crippen molar-refractivity contribution in [1.29, 1.82) is 0 Å². The highest BCUT2D eigenvalue weighted by Gasteiger charge is 2.04. The minimum absolute atomic E-state index is 0.259. The van der Waals surface area contributed by atoms with Crippen LogP contribution in [0.5, 0.6) is 0 Å². The van der Waals surface area contributed by atoms with Crippen molar-refractivity contribution in [3.8, 4) is 0 Å². The maximum atomic E-state index is 4.29. The second-order valence-electron chi connectivity index (χ2n) is 3.64. The molecule has 0 amide bonds. The summed E-state index contributed by atoms with van der Waals surface area (Å²) in [6.07, 6.45) is 1.79. The summed E-state index contributed by atoms with van der Waals surface area (Å²) in [5.74, 6) is 0.888. The molecule has 0 bridgehead atoms. The number of hydrogen-bond acceptors (Lipinski definition) is 2. The van der Waals surface area contributed by atoms with E-state index in [0.717, 1.165) is 10.3 Å². The second kappa shape index (κ2) is 5.12. The van der Waals surface area contributed by atoms with Gasteiger partial charge < -0.3 is 5.32 Å². The summed E-state index contributed by atoms with van der Waals surface area (Å²) >= 11 is 3.37. The molecule has 0 spiro atoms. The molecular weight excluding hydrogens is 264 g/mol. The van der Waals surface area contributed by atoms with E-state index < -0.39 is 0 Å². The highest BCUT2D eigenvalue weighted by atomic mass is 79.9. The van der Waals surface area contributed by atoms with Gasteiger partial charge in [-0.3, -0.25) is 0 Å². The lowest BCUT2D eigenvalue weighted by Gasteiger charge is -2.14. The number of benzene rings is 1. The van der Waals surface area contributed by atoms with Crippen molar-refractivity contribution < 1.29 is 0 Å². The zero-order valence-corrected chi connectivity index (χ0v) is 10.6. The number of anilines is 1. The molecule has 82 valence electrons. The quantitative estimate of drug-likeness (QED) is 0.916. The van der Waals surface area contributed by atoms with Crippen LogP contribution in [-0.4, -0.2) is 4.98 Å². The summed E-state index contributed by atoms with van der Waals surface area (Å²) in [6.45, 7) is 2.12. The Balaban J connectivity index is 2.08. The van der Waals surface area contributed by atoms with Crippen molar-refractivity contribution >= 4 is 21.7 Å². The van der Waals surface area contributed by atoms with Crippen molar-refractivity contribution in [1.82, 2.24) is 4.98 Å². The van der Waals surface area contributed by atoms with E-state index in [2.05, 4.69) is 45.3 Å². The molecule has 0 aliphatic rings. The summed E-state index contributed by atoms with van der Waals surface area (Å²) in [4.78, 5) is 4.29. The molecule has 2 nitrogen and oxygen atoms in total. The standard InChI is InChI=1S/C13H13BrN2/c1-10(11-5-3-2-4-6-11)16-13-8-7-12(14)9-15-13/h2-10H,1H3,(H,15,16)/t10-/m0/s1. The molecular formula is C13H13BrN2. The summed E-state index contributed by atoms with van der Waals surface area (Å²) < 4.78 is 0.991. The van der Waals surface area contributed by atoms with Crippen LogP contribution in [0.3, 0.4) is 0 Å². The molecule has 0 saturated heterocycles. The van der Waals surface area contributed by atoms with Crippen LogP contribution in [0, 0.1) is 0 Å². The normalized spacial score (nSPS) is 12.1. The minimum atomic E-state index is 0.259. The first-order chi connectivity index (χ1) is 7.75. The maximum Gasteiger partial charge on any atom is 0.126 e. The van der Waals surface area contributed by atoms with Crippen LogP contribution >= 0.6 is 15.9 Å². The Hall–Kier alpha value is -1.35. The van der Waals surface area contributed by atoms with Crippen LogP contribution in [0.1, 0.15) is 18.5 Å². The topological polar surface area (TPSA) is 24.9 Å². The number of pyridine rings is 1. The molecule has 2 aromatic rings. The van der Waals surface area contributed by atoms with Gasteiger partial charge in [-0.1, -0.05) is 30.3 Å². The third kappa shape index (κ3) is 2.83. The first kappa shape index (κ1) is 11.1. The zero-order chi connectivity index (χ0) is 11.4. The largest absolute Gasteiger partial charge is 0.364 e. The van der Waals surface area contributed by atoms with E-state index >= 15 is 0 Å². The van der Waals surface area contributed by atoms with Crippen LogP contribution < -0.4 is 5.32 Å². The molecule has 1 aromatic heterocycles. The molecule has 1 aromatic carbocycles. The number of nitrogens with one attached hydrogen (secondary N) is 1. The lowest BCUT2D eigenvalue weighted by molar-refractivity contribution is 0.874. The Morgan fingerprint density at radius 1 is 1.12 bits per heavy atom. The van der Waals surface area contributed by atoms with Crippen molar-refractivity contribution in [2.75, 3.05) is 5.32 Å². The van der Waals surface area contributed by atoms with Crippen molar-refractivity contribution in [3.05, 3.63) is 58.7 Å². The molecule has 3 heteroatoms. The van der Waals surface area contributed by atoms with Crippen LogP contribution in [-0.2, 0) is 0 Å². The van der Waals surface area contributed by atoms with Crippen LogP contribution in [0.15, 0.2) is 53.1 Å². The van der Waals surface area contributed by atoms with E-state index in [1.54, 1.807) is 6.20 Å². The average molecular weight is 277 g/mol. The highest BCUT2D eigenvalue weighted by molar-refractivity contribution is 9.10. The van der Waals surface area contributed by atoms with E-state index in [0.29, 0.717) is 0 Å². The fourth-order valence-electron chi connectivity index (χ4n) is 1.51. The van der Waals surface area contributed by atoms with Gasteiger partial charge in [-0.25, -0.2) is 4.98 Å². The Morgan fingerprint density at radius 3 is 2.50 bits per heavy atom. The Labute approximate surface area is 104 Å². The summed E-state index contributed by atoms with van der Waals surface area (Å²) in [6, 6.07) is 14.5. The second-order valence-corrected chi connectivity index (χ2v) is 4.55. The summed E-state index contributed by atoms with van der Waals surface area (Å²) in [5.41, 5.74) is 1.26. The van der Waals surface area contributed by atoms with Gasteiger partial charge in [0.1, 0.15) is 5.82 Å². The Kier molecular flexibility index (Phi) is 3.57. The minimum Gasteiger partial charge on any atom is -0.364 e. The average Bonchev–Trinajstić information content (AvgIpc) is 2.33. The van der Waals surface area contributed by atoms with Gasteiger partial charge in [0.25, 0.3) is 0 Å². The van der Waals surface area contributed by atoms with E-state index in [1.807, 2.05) is 30.3 Å². The predicted octanol–water partition coefficient (Wildman–Crippen LogP) is 4.02. The molecule has 0 unspecified atom stereocenters. The van der Waals surface area contributed by atoms with Crippen molar-refractivity contribution in [2.24, 2.45) is 0 Å². The molecule has 1 N–H and O–H groups in total. The predicted molar refractivity (Wildman–Crippen MR) is 70.4 cm³/mol. The molecule has 16 heavy (non-hydrogen) atoms. The smallest absolute Gasteiger partial charge is 0.126 e. The lowest BCUT2D eigenvalue weighted by Crippen LogP contribution is -2.07. The van der Waals surface area contributed by atoms with Gasteiger partial charge in [0.2, 0.25) is 0 Å². The van der Waals surface area contributed by atoms with Crippen molar-refractivity contribution in [3.63, 3.8) is 0 Å². The number of rotatable bonds is 3. The van der Waals surface area contributed by atoms with Gasteiger partial charge >= 0.3 is 0 Å². The number of nitrogens with zero attached hydrogens (tertiary/aromatic N) is 1. The molecule has 1 atom stereocenters. The third-order valence-corrected chi connectivity index (χ3v) is 2.86. The third-order valence-electron chi connectivity index (χ3n) is 2.39. The first-order valence-corrected chi connectivity index (χ1v) is 5.98. The molecule has 0 radical (unpaired) electrons. The number of aromatic nitrogens is 1. The van der Waals surface area contributed by atoms with E-state index in [4.69, 9.17) is 0 Å². The zero-order valence-electron chi connectivity index (χ0n) is 9.02. The van der Waals surface area contributed by atoms with Gasteiger partial charge in [-0.15, -0.1) is 0 Å². The van der Waals surface area contributed by atoms with Gasteiger partial charge in [-0.2, -0.15) is 0 Å². The fraction of sp³-hybridized carbons (Fsp3) is 0.154. The summed E-state index contributed by atoms with van der Waals surface area (Å²) in [7, 11) is 0. The molecule has 0 aliphatic carbocycles. The number of hydrogen-bond donors (Lipinski definition) is 1. The first-order valence-electron chi connectivity index (χ1n) is 5.19. The van der Waals surface area contributed by atoms with Gasteiger partial charge in [0.15, 0.2) is 0 Å². The van der Waals surface area contributed by atoms with Crippen LogP contribution in [0.4, 0.5) is 5.82 Å². The lowest BCUT2D eigenvalue weighted by atomic mass is 10.1. The monoisotopic (exact) mass is 276 g/mol. The fourth-order valence-corrected chi connectivity index (χ4v) is 1.74. The van der Waals surface area contributed by atoms with Gasteiger partial charge in [0, 0.05) is 16.7 Å². The van der Waals surface area contributed by atoms with E-state index in [-0.39, 0.29) is 6.04 Å². The van der Waals surface area contributed by atoms with E-state index in [1.165, 1.54) is 5.56 Å². The van der Waals surface area contributed by atoms with Crippen molar-refractivity contribution in [2.45, 2.75) is 13.0 Å². The highest BCUT2D eigenvalue weighted by Crippen LogP contribution is 2.18. The maximum absolute atomic E-state index is 4.29. The van der Waals surface area contributed by atoms with Crippen LogP contribution in [0.25, 0.3) is 0 Å². The molecule has 2 rings (SSSR count). The van der Waals surface area contributed by atoms with Gasteiger partial charge in [-0.05, 0) is 40.5 Å². The summed E-state index contributed by atoms with van der Waals surface area (Å²) in [5, 5.41) is 3.35. The Morgan fingerprint density at radius 2 is 1.88 bits per heavy atom. The molecule has 1 heterocycles. The molecule has 0 aliphatic heterocycles. The molecule has 0 saturated carbocycles. The van der Waals surface area contributed by atoms with E-state index in [9.17, 15) is 0 Å². The van der Waals surface area contributed by atoms with Crippen LogP contribution in [0.2, 0.25) is 0 Å². The SMILES string of the molecule is C[C@H](Nc1ccc(Br)cn1)c1ccccc1.